The van der Waals surface area contributed by atoms with E-state index in [9.17, 15) is 15.0 Å². The van der Waals surface area contributed by atoms with Crippen LogP contribution in [-0.2, 0) is 19.0 Å². The van der Waals surface area contributed by atoms with Gasteiger partial charge in [0.15, 0.2) is 5.79 Å². The first-order valence-corrected chi connectivity index (χ1v) is 16.2. The number of carbonyl (C=O) groups is 1. The van der Waals surface area contributed by atoms with Gasteiger partial charge in [-0.3, -0.25) is 4.79 Å². The Morgan fingerprint density at radius 3 is 2.21 bits per heavy atom. The minimum Gasteiger partial charge on any atom is -0.463 e. The summed E-state index contributed by atoms with van der Waals surface area (Å²) in [6.07, 6.45) is 7.91. The summed E-state index contributed by atoms with van der Waals surface area (Å²) in [5, 5.41) is 22.7. The smallest absolute Gasteiger partial charge is 0.302 e. The van der Waals surface area contributed by atoms with Crippen LogP contribution in [0.4, 0.5) is 0 Å². The van der Waals surface area contributed by atoms with Gasteiger partial charge in [0.1, 0.15) is 6.10 Å². The first kappa shape index (κ1) is 29.8. The molecular weight excluding hydrogens is 492 g/mol. The van der Waals surface area contributed by atoms with Crippen LogP contribution in [0.5, 0.6) is 0 Å². The highest BCUT2D eigenvalue weighted by atomic mass is 16.7. The lowest BCUT2D eigenvalue weighted by Crippen LogP contribution is -2.63. The monoisotopic (exact) mass is 548 g/mol. The van der Waals surface area contributed by atoms with E-state index in [2.05, 4.69) is 41.5 Å². The van der Waals surface area contributed by atoms with Gasteiger partial charge in [0, 0.05) is 19.3 Å². The molecule has 12 atom stereocenters. The molecule has 224 valence electrons. The zero-order valence-corrected chi connectivity index (χ0v) is 25.7. The van der Waals surface area contributed by atoms with E-state index in [1.165, 1.54) is 26.2 Å². The molecule has 3 unspecified atom stereocenters. The fraction of sp³-hybridized carbons (Fsp3) is 0.970. The number of fused-ring (bicyclic) bond motifs is 6. The molecule has 1 aliphatic heterocycles. The standard InChI is InChI=1S/C33H56O6/c1-8-23(19(2)3)30(36)29(35)20(4)25-9-10-26-24-18-33(37-15-16-38-33)28-17-22(39-21(5)34)11-13-32(28,7)27(24)12-14-31(25,26)6/h19-20,22-30,35-36H,8-18H2,1-7H3/t20-,22-,23-,24-,25+,26-,27-,28?,29?,30?,31+,32+/m0/s1. The average Bonchev–Trinajstić information content (AvgIpc) is 3.48. The van der Waals surface area contributed by atoms with Crippen molar-refractivity contribution in [3.63, 3.8) is 0 Å². The molecule has 1 saturated heterocycles. The third-order valence-electron chi connectivity index (χ3n) is 13.1. The molecule has 0 aromatic carbocycles. The van der Waals surface area contributed by atoms with Crippen LogP contribution in [0.15, 0.2) is 0 Å². The lowest BCUT2D eigenvalue weighted by atomic mass is 9.43. The van der Waals surface area contributed by atoms with Gasteiger partial charge in [-0.25, -0.2) is 0 Å². The number of aliphatic hydroxyl groups excluding tert-OH is 2. The van der Waals surface area contributed by atoms with Crippen LogP contribution in [0.1, 0.15) is 106 Å². The Balaban J connectivity index is 1.39. The maximum Gasteiger partial charge on any atom is 0.302 e. The number of aliphatic hydroxyl groups is 2. The van der Waals surface area contributed by atoms with E-state index < -0.39 is 18.0 Å². The lowest BCUT2D eigenvalue weighted by molar-refractivity contribution is -0.298. The number of hydrogen-bond acceptors (Lipinski definition) is 6. The number of rotatable bonds is 7. The number of ether oxygens (including phenoxy) is 3. The van der Waals surface area contributed by atoms with Crippen LogP contribution in [-0.4, -0.2) is 53.5 Å². The Kier molecular flexibility index (Phi) is 8.29. The SMILES string of the molecule is CC[C@@H](C(C)C)C(O)C(O)[C@@H](C)[C@H]1CC[C@H]2[C@@H]3CC4(OCCO4)C4C[C@@H](OC(C)=O)CC[C@]4(C)[C@H]3CC[C@]12C. The predicted octanol–water partition coefficient (Wildman–Crippen LogP) is 5.97. The maximum atomic E-state index is 11.8. The van der Waals surface area contributed by atoms with Gasteiger partial charge < -0.3 is 24.4 Å². The molecule has 0 aromatic rings. The molecule has 6 nitrogen and oxygen atoms in total. The molecule has 4 aliphatic carbocycles. The Morgan fingerprint density at radius 1 is 0.949 bits per heavy atom. The van der Waals surface area contributed by atoms with Gasteiger partial charge in [0.05, 0.1) is 25.4 Å². The van der Waals surface area contributed by atoms with Crippen molar-refractivity contribution >= 4 is 5.97 Å². The van der Waals surface area contributed by atoms with Gasteiger partial charge in [-0.05, 0) is 97.2 Å². The second kappa shape index (κ2) is 10.9. The largest absolute Gasteiger partial charge is 0.463 e. The highest BCUT2D eigenvalue weighted by molar-refractivity contribution is 5.66. The molecule has 1 heterocycles. The Labute approximate surface area is 236 Å². The predicted molar refractivity (Wildman–Crippen MR) is 151 cm³/mol. The molecule has 4 saturated carbocycles. The topological polar surface area (TPSA) is 85.2 Å². The van der Waals surface area contributed by atoms with E-state index in [4.69, 9.17) is 14.2 Å². The minimum absolute atomic E-state index is 0.0435. The highest BCUT2D eigenvalue weighted by Crippen LogP contribution is 2.71. The first-order chi connectivity index (χ1) is 18.4. The van der Waals surface area contributed by atoms with Crippen LogP contribution in [0.3, 0.4) is 0 Å². The Hall–Kier alpha value is -0.690. The molecule has 0 radical (unpaired) electrons. The highest BCUT2D eigenvalue weighted by Gasteiger charge is 2.68. The first-order valence-electron chi connectivity index (χ1n) is 16.2. The van der Waals surface area contributed by atoms with Crippen molar-refractivity contribution in [3.05, 3.63) is 0 Å². The summed E-state index contributed by atoms with van der Waals surface area (Å²) in [4.78, 5) is 11.8. The zero-order chi connectivity index (χ0) is 28.3. The normalized spacial score (nSPS) is 44.3. The quantitative estimate of drug-likeness (QED) is 0.381. The van der Waals surface area contributed by atoms with E-state index in [0.717, 1.165) is 38.5 Å². The summed E-state index contributed by atoms with van der Waals surface area (Å²) < 4.78 is 18.9. The average molecular weight is 549 g/mol. The fourth-order valence-corrected chi connectivity index (χ4v) is 11.2. The summed E-state index contributed by atoms with van der Waals surface area (Å²) in [7, 11) is 0. The van der Waals surface area contributed by atoms with E-state index >= 15 is 0 Å². The number of esters is 1. The van der Waals surface area contributed by atoms with Crippen LogP contribution < -0.4 is 0 Å². The van der Waals surface area contributed by atoms with Crippen LogP contribution in [0, 0.1) is 58.2 Å². The summed E-state index contributed by atoms with van der Waals surface area (Å²) in [6.45, 7) is 16.4. The van der Waals surface area contributed by atoms with Crippen molar-refractivity contribution in [2.24, 2.45) is 58.2 Å². The summed E-state index contributed by atoms with van der Waals surface area (Å²) in [6, 6.07) is 0. The van der Waals surface area contributed by atoms with E-state index in [1.54, 1.807) is 0 Å². The molecule has 0 aromatic heterocycles. The molecule has 6 heteroatoms. The molecule has 0 amide bonds. The summed E-state index contributed by atoms with van der Waals surface area (Å²) in [5.41, 5.74) is 0.259. The van der Waals surface area contributed by atoms with Crippen molar-refractivity contribution < 1.29 is 29.2 Å². The molecule has 39 heavy (non-hydrogen) atoms. The fourth-order valence-electron chi connectivity index (χ4n) is 11.2. The van der Waals surface area contributed by atoms with Gasteiger partial charge in [-0.1, -0.05) is 48.0 Å². The second-order valence-electron chi connectivity index (χ2n) is 15.0. The summed E-state index contributed by atoms with van der Waals surface area (Å²) in [5.74, 6) is 2.16. The molecule has 5 rings (SSSR count). The molecule has 1 spiro atoms. The van der Waals surface area contributed by atoms with E-state index in [-0.39, 0.29) is 40.7 Å². The molecule has 0 bridgehead atoms. The lowest BCUT2D eigenvalue weighted by Gasteiger charge is -2.65. The van der Waals surface area contributed by atoms with Crippen LogP contribution >= 0.6 is 0 Å². The van der Waals surface area contributed by atoms with Gasteiger partial charge in [0.2, 0.25) is 0 Å². The third kappa shape index (κ3) is 4.81. The second-order valence-corrected chi connectivity index (χ2v) is 15.0. The van der Waals surface area contributed by atoms with Crippen molar-refractivity contribution in [3.8, 4) is 0 Å². The zero-order valence-electron chi connectivity index (χ0n) is 25.7. The van der Waals surface area contributed by atoms with Crippen molar-refractivity contribution in [1.82, 2.24) is 0 Å². The van der Waals surface area contributed by atoms with E-state index in [1.807, 2.05) is 0 Å². The van der Waals surface area contributed by atoms with Crippen LogP contribution in [0.25, 0.3) is 0 Å². The van der Waals surface area contributed by atoms with Crippen LogP contribution in [0.2, 0.25) is 0 Å². The van der Waals surface area contributed by atoms with Gasteiger partial charge in [-0.15, -0.1) is 0 Å². The molecule has 5 aliphatic rings. The third-order valence-corrected chi connectivity index (χ3v) is 13.1. The molecule has 5 fully saturated rings. The minimum atomic E-state index is -0.687. The van der Waals surface area contributed by atoms with E-state index in [0.29, 0.717) is 42.8 Å². The van der Waals surface area contributed by atoms with Gasteiger partial charge in [0.25, 0.3) is 0 Å². The Morgan fingerprint density at radius 2 is 1.59 bits per heavy atom. The van der Waals surface area contributed by atoms with Crippen molar-refractivity contribution in [1.29, 1.82) is 0 Å². The van der Waals surface area contributed by atoms with Gasteiger partial charge >= 0.3 is 5.97 Å². The summed E-state index contributed by atoms with van der Waals surface area (Å²) >= 11 is 0. The van der Waals surface area contributed by atoms with Crippen molar-refractivity contribution in [2.75, 3.05) is 13.2 Å². The maximum absolute atomic E-state index is 11.8. The number of carbonyl (C=O) groups excluding carboxylic acids is 1. The molecular formula is C33H56O6. The molecule has 2 N–H and O–H groups in total. The van der Waals surface area contributed by atoms with Gasteiger partial charge in [-0.2, -0.15) is 0 Å². The van der Waals surface area contributed by atoms with Crippen molar-refractivity contribution in [2.45, 2.75) is 130 Å². The Bertz CT molecular complexity index is 883. The number of hydrogen-bond donors (Lipinski definition) is 2.